The number of hydrogen-bond donors (Lipinski definition) is 2. The molecular weight excluding hydrogens is 279 g/mol. The summed E-state index contributed by atoms with van der Waals surface area (Å²) in [5.74, 6) is -0.288. The van der Waals surface area contributed by atoms with E-state index in [1.807, 2.05) is 19.9 Å². The highest BCUT2D eigenvalue weighted by Gasteiger charge is 2.10. The lowest BCUT2D eigenvalue weighted by Crippen LogP contribution is -2.16. The second kappa shape index (κ2) is 6.71. The van der Waals surface area contributed by atoms with Gasteiger partial charge < -0.3 is 5.32 Å². The molecule has 0 amide bonds. The van der Waals surface area contributed by atoms with Crippen LogP contribution < -0.4 is 11.0 Å². The van der Waals surface area contributed by atoms with Crippen molar-refractivity contribution < 1.29 is 4.39 Å². The van der Waals surface area contributed by atoms with Gasteiger partial charge in [-0.15, -0.1) is 5.10 Å². The van der Waals surface area contributed by atoms with E-state index in [4.69, 9.17) is 0 Å². The maximum absolute atomic E-state index is 13.6. The highest BCUT2D eigenvalue weighted by Crippen LogP contribution is 2.26. The molecule has 5 nitrogen and oxygen atoms in total. The Hall–Kier alpha value is -1.60. The van der Waals surface area contributed by atoms with E-state index < -0.39 is 0 Å². The van der Waals surface area contributed by atoms with Crippen molar-refractivity contribution >= 4 is 11.8 Å². The van der Waals surface area contributed by atoms with Gasteiger partial charge in [-0.1, -0.05) is 6.92 Å². The maximum Gasteiger partial charge on any atom is 0.343 e. The quantitative estimate of drug-likeness (QED) is 0.856. The number of rotatable bonds is 6. The number of nitrogens with one attached hydrogen (secondary N) is 2. The van der Waals surface area contributed by atoms with Crippen LogP contribution in [0.15, 0.2) is 33.0 Å². The molecule has 0 saturated heterocycles. The first-order valence-electron chi connectivity index (χ1n) is 6.47. The van der Waals surface area contributed by atoms with Crippen LogP contribution in [0.25, 0.3) is 0 Å². The molecule has 0 radical (unpaired) electrons. The fourth-order valence-corrected chi connectivity index (χ4v) is 2.82. The molecule has 0 fully saturated rings. The largest absolute Gasteiger partial charge is 0.343 e. The zero-order valence-corrected chi connectivity index (χ0v) is 12.3. The van der Waals surface area contributed by atoms with Crippen LogP contribution in [-0.4, -0.2) is 21.3 Å². The van der Waals surface area contributed by atoms with E-state index in [0.29, 0.717) is 18.2 Å². The van der Waals surface area contributed by atoms with E-state index in [1.54, 1.807) is 0 Å². The third-order valence-corrected chi connectivity index (χ3v) is 3.72. The van der Waals surface area contributed by atoms with E-state index in [9.17, 15) is 9.18 Å². The van der Waals surface area contributed by atoms with Crippen LogP contribution in [-0.2, 0) is 13.1 Å². The Kier molecular flexibility index (Phi) is 4.97. The van der Waals surface area contributed by atoms with E-state index in [2.05, 4.69) is 15.5 Å². The summed E-state index contributed by atoms with van der Waals surface area (Å²) < 4.78 is 15.1. The number of hydrogen-bond acceptors (Lipinski definition) is 4. The summed E-state index contributed by atoms with van der Waals surface area (Å²) in [6.45, 7) is 5.83. The summed E-state index contributed by atoms with van der Waals surface area (Å²) in [4.78, 5) is 12.2. The molecule has 108 valence electrons. The van der Waals surface area contributed by atoms with Crippen molar-refractivity contribution in [1.82, 2.24) is 20.1 Å². The third-order valence-electron chi connectivity index (χ3n) is 2.76. The van der Waals surface area contributed by atoms with Crippen molar-refractivity contribution in [1.29, 1.82) is 0 Å². The summed E-state index contributed by atoms with van der Waals surface area (Å²) in [6.07, 6.45) is 0. The lowest BCUT2D eigenvalue weighted by molar-refractivity contribution is 0.617. The van der Waals surface area contributed by atoms with Crippen LogP contribution in [0.5, 0.6) is 0 Å². The molecule has 1 aromatic heterocycles. The van der Waals surface area contributed by atoms with Gasteiger partial charge >= 0.3 is 5.69 Å². The molecular formula is C13H17FN4OS. The molecule has 0 bridgehead atoms. The van der Waals surface area contributed by atoms with Gasteiger partial charge in [0.25, 0.3) is 0 Å². The van der Waals surface area contributed by atoms with Gasteiger partial charge in [-0.2, -0.15) is 0 Å². The van der Waals surface area contributed by atoms with Gasteiger partial charge in [-0.3, -0.25) is 4.57 Å². The molecule has 2 aromatic rings. The van der Waals surface area contributed by atoms with Gasteiger partial charge in [-0.05, 0) is 49.0 Å². The van der Waals surface area contributed by atoms with Gasteiger partial charge in [0, 0.05) is 18.0 Å². The fraction of sp³-hybridized carbons (Fsp3) is 0.385. The zero-order chi connectivity index (χ0) is 14.5. The zero-order valence-electron chi connectivity index (χ0n) is 11.4. The second-order valence-electron chi connectivity index (χ2n) is 4.23. The standard InChI is InChI=1S/C13H17FN4OS/c1-3-15-8-9-5-10(14)7-11(6-9)20-13-17-16-12(19)18(13)4-2/h5-7,15H,3-4,8H2,1-2H3,(H,16,19). The fourth-order valence-electron chi connectivity index (χ4n) is 1.82. The summed E-state index contributed by atoms with van der Waals surface area (Å²) in [6, 6.07) is 4.85. The number of nitrogens with zero attached hydrogens (tertiary/aromatic N) is 2. The van der Waals surface area contributed by atoms with Crippen molar-refractivity contribution in [2.45, 2.75) is 37.0 Å². The smallest absolute Gasteiger partial charge is 0.313 e. The van der Waals surface area contributed by atoms with Crippen LogP contribution in [0.3, 0.4) is 0 Å². The summed E-state index contributed by atoms with van der Waals surface area (Å²) in [7, 11) is 0. The van der Waals surface area contributed by atoms with Crippen molar-refractivity contribution in [3.05, 3.63) is 40.1 Å². The number of H-pyrrole nitrogens is 1. The van der Waals surface area contributed by atoms with Crippen LogP contribution >= 0.6 is 11.8 Å². The van der Waals surface area contributed by atoms with Crippen molar-refractivity contribution in [3.8, 4) is 0 Å². The van der Waals surface area contributed by atoms with Gasteiger partial charge in [0.2, 0.25) is 0 Å². The molecule has 0 aliphatic rings. The van der Waals surface area contributed by atoms with E-state index >= 15 is 0 Å². The average molecular weight is 296 g/mol. The normalized spacial score (nSPS) is 10.9. The lowest BCUT2D eigenvalue weighted by Gasteiger charge is -2.06. The second-order valence-corrected chi connectivity index (χ2v) is 5.27. The molecule has 2 N–H and O–H groups in total. The van der Waals surface area contributed by atoms with Crippen molar-refractivity contribution in [2.24, 2.45) is 0 Å². The van der Waals surface area contributed by atoms with Gasteiger partial charge in [0.1, 0.15) is 5.82 Å². The Morgan fingerprint density at radius 2 is 2.20 bits per heavy atom. The molecule has 0 unspecified atom stereocenters. The molecule has 0 aliphatic heterocycles. The predicted octanol–water partition coefficient (Wildman–Crippen LogP) is 1.99. The summed E-state index contributed by atoms with van der Waals surface area (Å²) in [5.41, 5.74) is 0.620. The monoisotopic (exact) mass is 296 g/mol. The minimum Gasteiger partial charge on any atom is -0.313 e. The Labute approximate surface area is 120 Å². The number of aromatic amines is 1. The van der Waals surface area contributed by atoms with Crippen LogP contribution in [0.2, 0.25) is 0 Å². The van der Waals surface area contributed by atoms with Crippen LogP contribution in [0, 0.1) is 5.82 Å². The predicted molar refractivity (Wildman–Crippen MR) is 76.4 cm³/mol. The molecule has 1 aromatic carbocycles. The highest BCUT2D eigenvalue weighted by atomic mass is 32.2. The third kappa shape index (κ3) is 3.49. The first kappa shape index (κ1) is 14.8. The van der Waals surface area contributed by atoms with Crippen LogP contribution in [0.4, 0.5) is 4.39 Å². The molecule has 0 aliphatic carbocycles. The maximum atomic E-state index is 13.6. The topological polar surface area (TPSA) is 62.7 Å². The van der Waals surface area contributed by atoms with Crippen molar-refractivity contribution in [2.75, 3.05) is 6.54 Å². The average Bonchev–Trinajstić information content (AvgIpc) is 2.76. The Morgan fingerprint density at radius 3 is 2.90 bits per heavy atom. The van der Waals surface area contributed by atoms with Crippen LogP contribution in [0.1, 0.15) is 19.4 Å². The minimum atomic E-state index is -0.288. The first-order valence-corrected chi connectivity index (χ1v) is 7.29. The Balaban J connectivity index is 2.24. The van der Waals surface area contributed by atoms with Gasteiger partial charge in [0.05, 0.1) is 0 Å². The summed E-state index contributed by atoms with van der Waals surface area (Å²) >= 11 is 1.27. The number of halogens is 1. The first-order chi connectivity index (χ1) is 9.63. The Bertz CT molecular complexity index is 638. The highest BCUT2D eigenvalue weighted by molar-refractivity contribution is 7.99. The molecule has 0 spiro atoms. The molecule has 2 rings (SSSR count). The van der Waals surface area contributed by atoms with Crippen molar-refractivity contribution in [3.63, 3.8) is 0 Å². The minimum absolute atomic E-state index is 0.251. The molecule has 0 atom stereocenters. The van der Waals surface area contributed by atoms with Gasteiger partial charge in [-0.25, -0.2) is 14.3 Å². The number of aromatic nitrogens is 3. The lowest BCUT2D eigenvalue weighted by atomic mass is 10.2. The number of benzene rings is 1. The summed E-state index contributed by atoms with van der Waals surface area (Å²) in [5, 5.41) is 10.1. The molecule has 1 heterocycles. The molecule has 0 saturated carbocycles. The molecule has 20 heavy (non-hydrogen) atoms. The van der Waals surface area contributed by atoms with Gasteiger partial charge in [0.15, 0.2) is 5.16 Å². The SMILES string of the molecule is CCNCc1cc(F)cc(Sc2n[nH]c(=O)n2CC)c1. The van der Waals surface area contributed by atoms with E-state index in [1.165, 1.54) is 28.5 Å². The molecule has 7 heteroatoms. The Morgan fingerprint density at radius 1 is 1.40 bits per heavy atom. The van der Waals surface area contributed by atoms with E-state index in [-0.39, 0.29) is 11.5 Å². The van der Waals surface area contributed by atoms with E-state index in [0.717, 1.165) is 17.0 Å².